The van der Waals surface area contributed by atoms with Crippen LogP contribution >= 0.6 is 0 Å². The molecule has 0 aliphatic heterocycles. The zero-order chi connectivity index (χ0) is 25.7. The van der Waals surface area contributed by atoms with Crippen molar-refractivity contribution in [3.8, 4) is 11.5 Å². The summed E-state index contributed by atoms with van der Waals surface area (Å²) in [5.74, 6) is -1.15. The molecule has 0 radical (unpaired) electrons. The normalized spacial score (nSPS) is 12.1. The lowest BCUT2D eigenvalue weighted by Gasteiger charge is -2.12. The maximum Gasteiger partial charge on any atom is 0.338 e. The van der Waals surface area contributed by atoms with Gasteiger partial charge < -0.3 is 24.6 Å². The molecule has 188 valence electrons. The molecule has 1 atom stereocenters. The molecule has 3 N–H and O–H groups in total. The van der Waals surface area contributed by atoms with Gasteiger partial charge in [0.15, 0.2) is 0 Å². The van der Waals surface area contributed by atoms with E-state index in [0.717, 1.165) is 47.4 Å². The lowest BCUT2D eigenvalue weighted by atomic mass is 10.0. The minimum absolute atomic E-state index is 0.0460. The van der Waals surface area contributed by atoms with E-state index in [1.807, 2.05) is 35.0 Å². The summed E-state index contributed by atoms with van der Waals surface area (Å²) < 4.78 is 20.4. The molecule has 0 fully saturated rings. The van der Waals surface area contributed by atoms with E-state index in [2.05, 4.69) is 6.92 Å². The van der Waals surface area contributed by atoms with E-state index in [-0.39, 0.29) is 36.6 Å². The van der Waals surface area contributed by atoms with Crippen molar-refractivity contribution in [1.29, 1.82) is 0 Å². The van der Waals surface area contributed by atoms with Gasteiger partial charge >= 0.3 is 5.97 Å². The van der Waals surface area contributed by atoms with Gasteiger partial charge in [0, 0.05) is 23.5 Å². The Labute approximate surface area is 209 Å². The highest BCUT2D eigenvalue weighted by molar-refractivity contribution is 5.89. The summed E-state index contributed by atoms with van der Waals surface area (Å²) in [6.07, 6.45) is 3.91. The number of ether oxygens (including phenoxy) is 1. The van der Waals surface area contributed by atoms with Gasteiger partial charge in [-0.1, -0.05) is 37.6 Å². The van der Waals surface area contributed by atoms with Gasteiger partial charge in [0.05, 0.1) is 23.8 Å². The summed E-state index contributed by atoms with van der Waals surface area (Å²) in [7, 11) is 0. The van der Waals surface area contributed by atoms with E-state index in [1.54, 1.807) is 12.1 Å². The number of aliphatic hydroxyl groups excluding tert-OH is 1. The number of unbranched alkanes of at least 4 members (excludes halogenated alkanes) is 1. The Kier molecular flexibility index (Phi) is 7.90. The SMILES string of the molecule is CCCCc1cc(O)c(Cn2cc(CC(O)COC(=O)c3cccc(F)c3)c3ccccc32)c(O)c1. The lowest BCUT2D eigenvalue weighted by molar-refractivity contribution is 0.0259. The Morgan fingerprint density at radius 1 is 1.06 bits per heavy atom. The number of aromatic nitrogens is 1. The first-order valence-corrected chi connectivity index (χ1v) is 12.1. The summed E-state index contributed by atoms with van der Waals surface area (Å²) in [6.45, 7) is 2.10. The molecule has 6 nitrogen and oxygen atoms in total. The Hall–Kier alpha value is -3.84. The van der Waals surface area contributed by atoms with Crippen LogP contribution in [-0.4, -0.2) is 38.6 Å². The molecule has 0 spiro atoms. The number of esters is 1. The fourth-order valence-corrected chi connectivity index (χ4v) is 4.36. The van der Waals surface area contributed by atoms with E-state index in [0.29, 0.717) is 5.56 Å². The molecule has 0 saturated heterocycles. The number of fused-ring (bicyclic) bond motifs is 1. The Balaban J connectivity index is 1.50. The predicted molar refractivity (Wildman–Crippen MR) is 136 cm³/mol. The zero-order valence-electron chi connectivity index (χ0n) is 20.2. The van der Waals surface area contributed by atoms with Crippen LogP contribution in [0.1, 0.15) is 46.8 Å². The molecule has 1 aromatic heterocycles. The quantitative estimate of drug-likeness (QED) is 0.260. The fraction of sp³-hybridized carbons (Fsp3) is 0.276. The Bertz CT molecular complexity index is 1340. The number of rotatable bonds is 10. The number of aryl methyl sites for hydroxylation is 1. The number of para-hydroxylation sites is 1. The van der Waals surface area contributed by atoms with Crippen molar-refractivity contribution in [3.63, 3.8) is 0 Å². The second-order valence-electron chi connectivity index (χ2n) is 8.98. The van der Waals surface area contributed by atoms with Gasteiger partial charge in [-0.05, 0) is 60.4 Å². The first kappa shape index (κ1) is 25.3. The van der Waals surface area contributed by atoms with Crippen LogP contribution in [0.4, 0.5) is 4.39 Å². The molecule has 4 aromatic rings. The lowest BCUT2D eigenvalue weighted by Crippen LogP contribution is -2.21. The van der Waals surface area contributed by atoms with Gasteiger partial charge in [-0.3, -0.25) is 0 Å². The van der Waals surface area contributed by atoms with E-state index < -0.39 is 17.9 Å². The number of phenols is 2. The monoisotopic (exact) mass is 491 g/mol. The topological polar surface area (TPSA) is 91.9 Å². The molecule has 1 heterocycles. The molecule has 4 rings (SSSR count). The van der Waals surface area contributed by atoms with Crippen molar-refractivity contribution >= 4 is 16.9 Å². The summed E-state index contributed by atoms with van der Waals surface area (Å²) >= 11 is 0. The molecule has 7 heteroatoms. The van der Waals surface area contributed by atoms with Gasteiger partial charge in [0.25, 0.3) is 0 Å². The molecule has 0 saturated carbocycles. The highest BCUT2D eigenvalue weighted by atomic mass is 19.1. The number of phenolic OH excluding ortho intramolecular Hbond substituents is 2. The van der Waals surface area contributed by atoms with E-state index in [9.17, 15) is 24.5 Å². The van der Waals surface area contributed by atoms with Crippen LogP contribution in [0.25, 0.3) is 10.9 Å². The highest BCUT2D eigenvalue weighted by Crippen LogP contribution is 2.32. The van der Waals surface area contributed by atoms with Crippen molar-refractivity contribution in [1.82, 2.24) is 4.57 Å². The van der Waals surface area contributed by atoms with Crippen molar-refractivity contribution < 1.29 is 29.2 Å². The number of aliphatic hydroxyl groups is 1. The maximum atomic E-state index is 13.3. The van der Waals surface area contributed by atoms with Gasteiger partial charge in [0.2, 0.25) is 0 Å². The number of nitrogens with zero attached hydrogens (tertiary/aromatic N) is 1. The molecule has 0 aliphatic rings. The van der Waals surface area contributed by atoms with Crippen LogP contribution in [0.2, 0.25) is 0 Å². The number of hydrogen-bond donors (Lipinski definition) is 3. The van der Waals surface area contributed by atoms with Gasteiger partial charge in [-0.15, -0.1) is 0 Å². The molecule has 1 unspecified atom stereocenters. The number of carbonyl (C=O) groups excluding carboxylic acids is 1. The molecular weight excluding hydrogens is 461 g/mol. The standard InChI is InChI=1S/C29H30FNO5/c1-2-3-7-19-12-27(33)25(28(34)13-19)17-31-16-21(24-10-4-5-11-26(24)31)15-23(32)18-36-29(35)20-8-6-9-22(30)14-20/h4-6,8-14,16,23,32-34H,2-3,7,15,17-18H2,1H3. The molecule has 0 bridgehead atoms. The van der Waals surface area contributed by atoms with Crippen LogP contribution in [0.15, 0.2) is 66.9 Å². The third kappa shape index (κ3) is 5.86. The highest BCUT2D eigenvalue weighted by Gasteiger charge is 2.17. The van der Waals surface area contributed by atoms with E-state index >= 15 is 0 Å². The second-order valence-corrected chi connectivity index (χ2v) is 8.98. The van der Waals surface area contributed by atoms with Crippen molar-refractivity contribution in [3.05, 3.63) is 94.9 Å². The average molecular weight is 492 g/mol. The van der Waals surface area contributed by atoms with Crippen molar-refractivity contribution in [2.24, 2.45) is 0 Å². The molecule has 36 heavy (non-hydrogen) atoms. The van der Waals surface area contributed by atoms with Crippen LogP contribution in [0, 0.1) is 5.82 Å². The van der Waals surface area contributed by atoms with Gasteiger partial charge in [-0.25, -0.2) is 9.18 Å². The first-order valence-electron chi connectivity index (χ1n) is 12.1. The van der Waals surface area contributed by atoms with Gasteiger partial charge in [0.1, 0.15) is 23.9 Å². The second kappa shape index (κ2) is 11.3. The molecule has 3 aromatic carbocycles. The smallest absolute Gasteiger partial charge is 0.338 e. The number of benzene rings is 3. The fourth-order valence-electron chi connectivity index (χ4n) is 4.36. The van der Waals surface area contributed by atoms with Crippen LogP contribution in [-0.2, 0) is 24.1 Å². The Morgan fingerprint density at radius 2 is 1.81 bits per heavy atom. The minimum atomic E-state index is -0.971. The third-order valence-corrected chi connectivity index (χ3v) is 6.20. The largest absolute Gasteiger partial charge is 0.507 e. The van der Waals surface area contributed by atoms with Gasteiger partial charge in [-0.2, -0.15) is 0 Å². The minimum Gasteiger partial charge on any atom is -0.507 e. The molecular formula is C29H30FNO5. The Morgan fingerprint density at radius 3 is 2.53 bits per heavy atom. The van der Waals surface area contributed by atoms with Crippen LogP contribution < -0.4 is 0 Å². The number of hydrogen-bond acceptors (Lipinski definition) is 5. The zero-order valence-corrected chi connectivity index (χ0v) is 20.2. The number of aromatic hydroxyl groups is 2. The maximum absolute atomic E-state index is 13.3. The third-order valence-electron chi connectivity index (χ3n) is 6.20. The van der Waals surface area contributed by atoms with Crippen molar-refractivity contribution in [2.45, 2.75) is 45.3 Å². The van der Waals surface area contributed by atoms with E-state index in [4.69, 9.17) is 4.74 Å². The summed E-state index contributed by atoms with van der Waals surface area (Å²) in [4.78, 5) is 12.2. The van der Waals surface area contributed by atoms with Crippen molar-refractivity contribution in [2.75, 3.05) is 6.61 Å². The average Bonchev–Trinajstić information content (AvgIpc) is 3.20. The predicted octanol–water partition coefficient (Wildman–Crippen LogP) is 5.34. The summed E-state index contributed by atoms with van der Waals surface area (Å²) in [5, 5.41) is 32.7. The molecule has 0 amide bonds. The van der Waals surface area contributed by atoms with E-state index in [1.165, 1.54) is 18.2 Å². The van der Waals surface area contributed by atoms with Crippen LogP contribution in [0.3, 0.4) is 0 Å². The summed E-state index contributed by atoms with van der Waals surface area (Å²) in [5.41, 5.74) is 3.11. The summed E-state index contributed by atoms with van der Waals surface area (Å²) in [6, 6.07) is 16.3. The number of halogens is 1. The van der Waals surface area contributed by atoms with Crippen LogP contribution in [0.5, 0.6) is 11.5 Å². The number of carbonyl (C=O) groups is 1. The first-order chi connectivity index (χ1) is 17.4. The molecule has 0 aliphatic carbocycles.